The van der Waals surface area contributed by atoms with Gasteiger partial charge in [-0.25, -0.2) is 4.98 Å². The van der Waals surface area contributed by atoms with Gasteiger partial charge in [0.05, 0.1) is 15.2 Å². The molecule has 0 saturated carbocycles. The molecular formula is C21H22N2O2S. The van der Waals surface area contributed by atoms with E-state index in [1.54, 1.807) is 11.3 Å². The molecule has 0 unspecified atom stereocenters. The average molecular weight is 366 g/mol. The van der Waals surface area contributed by atoms with Gasteiger partial charge in [0.2, 0.25) is 0 Å². The summed E-state index contributed by atoms with van der Waals surface area (Å²) in [7, 11) is 0. The van der Waals surface area contributed by atoms with Gasteiger partial charge in [-0.15, -0.1) is 11.3 Å². The molecular weight excluding hydrogens is 344 g/mol. The zero-order chi connectivity index (χ0) is 17.9. The summed E-state index contributed by atoms with van der Waals surface area (Å²) in [5.74, 6) is 1.26. The number of para-hydroxylation sites is 1. The number of hydrogen-bond acceptors (Lipinski definition) is 4. The fourth-order valence-corrected chi connectivity index (χ4v) is 4.45. The van der Waals surface area contributed by atoms with Crippen LogP contribution < -0.4 is 4.74 Å². The minimum atomic E-state index is 0.0633. The molecule has 0 atom stereocenters. The number of carbonyl (C=O) groups excluding carboxylic acids is 1. The summed E-state index contributed by atoms with van der Waals surface area (Å²) in [5, 5.41) is 1.20. The van der Waals surface area contributed by atoms with Gasteiger partial charge in [-0.3, -0.25) is 4.79 Å². The van der Waals surface area contributed by atoms with Crippen molar-refractivity contribution in [2.45, 2.75) is 25.7 Å². The van der Waals surface area contributed by atoms with Gasteiger partial charge < -0.3 is 9.64 Å². The maximum atomic E-state index is 12.4. The number of rotatable bonds is 4. The number of carbonyl (C=O) groups is 1. The van der Waals surface area contributed by atoms with Crippen molar-refractivity contribution >= 4 is 27.5 Å². The molecule has 2 aromatic carbocycles. The minimum Gasteiger partial charge on any atom is -0.484 e. The van der Waals surface area contributed by atoms with Crippen LogP contribution in [0.15, 0.2) is 48.5 Å². The Morgan fingerprint density at radius 2 is 1.88 bits per heavy atom. The fourth-order valence-electron chi connectivity index (χ4n) is 3.31. The summed E-state index contributed by atoms with van der Waals surface area (Å²) in [5.41, 5.74) is 2.26. The second-order valence-electron chi connectivity index (χ2n) is 6.78. The number of nitrogens with zero attached hydrogens (tertiary/aromatic N) is 2. The molecule has 0 N–H and O–H groups in total. The van der Waals surface area contributed by atoms with Gasteiger partial charge in [-0.1, -0.05) is 29.8 Å². The highest BCUT2D eigenvalue weighted by molar-refractivity contribution is 7.18. The predicted molar refractivity (Wildman–Crippen MR) is 105 cm³/mol. The van der Waals surface area contributed by atoms with E-state index in [4.69, 9.17) is 9.72 Å². The number of aryl methyl sites for hydroxylation is 1. The standard InChI is InChI=1S/C21H22N2O2S/c1-15-6-8-17(9-7-15)25-14-20(24)23-12-10-16(11-13-23)21-22-18-4-2-3-5-19(18)26-21/h2-9,16H,10-14H2,1H3. The van der Waals surface area contributed by atoms with Crippen molar-refractivity contribution in [2.75, 3.05) is 19.7 Å². The zero-order valence-corrected chi connectivity index (χ0v) is 15.7. The van der Waals surface area contributed by atoms with Crippen LogP contribution in [-0.2, 0) is 4.79 Å². The second-order valence-corrected chi connectivity index (χ2v) is 7.84. The third-order valence-corrected chi connectivity index (χ3v) is 6.09. The summed E-state index contributed by atoms with van der Waals surface area (Å²) >= 11 is 1.78. The van der Waals surface area contributed by atoms with Crippen LogP contribution in [0.25, 0.3) is 10.2 Å². The molecule has 1 aromatic heterocycles. The third-order valence-electron chi connectivity index (χ3n) is 4.89. The zero-order valence-electron chi connectivity index (χ0n) is 14.9. The molecule has 134 valence electrons. The summed E-state index contributed by atoms with van der Waals surface area (Å²) in [6.07, 6.45) is 1.94. The Morgan fingerprint density at radius 3 is 2.62 bits per heavy atom. The first-order valence-electron chi connectivity index (χ1n) is 9.02. The molecule has 0 spiro atoms. The number of ether oxygens (including phenoxy) is 1. The van der Waals surface area contributed by atoms with E-state index >= 15 is 0 Å². The summed E-state index contributed by atoms with van der Waals surface area (Å²) in [6, 6.07) is 16.1. The molecule has 4 nitrogen and oxygen atoms in total. The van der Waals surface area contributed by atoms with Gasteiger partial charge in [0.15, 0.2) is 6.61 Å². The lowest BCUT2D eigenvalue weighted by Gasteiger charge is -2.31. The van der Waals surface area contributed by atoms with Crippen LogP contribution in [0.1, 0.15) is 29.3 Å². The van der Waals surface area contributed by atoms with Gasteiger partial charge in [-0.05, 0) is 44.0 Å². The maximum absolute atomic E-state index is 12.4. The topological polar surface area (TPSA) is 42.4 Å². The number of hydrogen-bond donors (Lipinski definition) is 0. The Hall–Kier alpha value is -2.40. The van der Waals surface area contributed by atoms with Crippen LogP contribution in [-0.4, -0.2) is 35.5 Å². The number of fused-ring (bicyclic) bond motifs is 1. The van der Waals surface area contributed by atoms with E-state index in [0.717, 1.165) is 37.2 Å². The molecule has 0 bridgehead atoms. The van der Waals surface area contributed by atoms with Gasteiger partial charge in [-0.2, -0.15) is 0 Å². The van der Waals surface area contributed by atoms with Crippen LogP contribution in [0.3, 0.4) is 0 Å². The molecule has 1 aliphatic rings. The normalized spacial score (nSPS) is 15.3. The van der Waals surface area contributed by atoms with Crippen molar-refractivity contribution in [1.29, 1.82) is 0 Å². The molecule has 1 saturated heterocycles. The minimum absolute atomic E-state index is 0.0633. The van der Waals surface area contributed by atoms with Crippen molar-refractivity contribution in [2.24, 2.45) is 0 Å². The molecule has 2 heterocycles. The summed E-state index contributed by atoms with van der Waals surface area (Å²) in [6.45, 7) is 3.69. The molecule has 0 radical (unpaired) electrons. The van der Waals surface area contributed by atoms with Crippen molar-refractivity contribution in [3.63, 3.8) is 0 Å². The smallest absolute Gasteiger partial charge is 0.260 e. The lowest BCUT2D eigenvalue weighted by atomic mass is 9.97. The SMILES string of the molecule is Cc1ccc(OCC(=O)N2CCC(c3nc4ccccc4s3)CC2)cc1. The molecule has 26 heavy (non-hydrogen) atoms. The van der Waals surface area contributed by atoms with Crippen LogP contribution in [0, 0.1) is 6.92 Å². The van der Waals surface area contributed by atoms with Crippen LogP contribution in [0.5, 0.6) is 5.75 Å². The first-order valence-corrected chi connectivity index (χ1v) is 9.83. The van der Waals surface area contributed by atoms with E-state index in [2.05, 4.69) is 18.2 Å². The van der Waals surface area contributed by atoms with Crippen LogP contribution >= 0.6 is 11.3 Å². The highest BCUT2D eigenvalue weighted by Gasteiger charge is 2.26. The molecule has 1 amide bonds. The second kappa shape index (κ2) is 7.46. The molecule has 0 aliphatic carbocycles. The van der Waals surface area contributed by atoms with E-state index in [9.17, 15) is 4.79 Å². The first-order chi connectivity index (χ1) is 12.7. The number of piperidine rings is 1. The predicted octanol–water partition coefficient (Wildman–Crippen LogP) is 4.39. The lowest BCUT2D eigenvalue weighted by molar-refractivity contribution is -0.134. The highest BCUT2D eigenvalue weighted by Crippen LogP contribution is 2.33. The molecule has 1 aliphatic heterocycles. The first kappa shape index (κ1) is 17.0. The van der Waals surface area contributed by atoms with Gasteiger partial charge in [0, 0.05) is 19.0 Å². The van der Waals surface area contributed by atoms with Gasteiger partial charge in [0.1, 0.15) is 5.75 Å². The van der Waals surface area contributed by atoms with E-state index in [1.807, 2.05) is 42.2 Å². The van der Waals surface area contributed by atoms with E-state index in [0.29, 0.717) is 5.92 Å². The summed E-state index contributed by atoms with van der Waals surface area (Å²) < 4.78 is 6.87. The Kier molecular flexibility index (Phi) is 4.89. The number of likely N-dealkylation sites (tertiary alicyclic amines) is 1. The van der Waals surface area contributed by atoms with E-state index in [1.165, 1.54) is 15.3 Å². The van der Waals surface area contributed by atoms with Gasteiger partial charge in [0.25, 0.3) is 5.91 Å². The Balaban J connectivity index is 1.31. The van der Waals surface area contributed by atoms with Gasteiger partial charge >= 0.3 is 0 Å². The van der Waals surface area contributed by atoms with Crippen LogP contribution in [0.4, 0.5) is 0 Å². The molecule has 1 fully saturated rings. The van der Waals surface area contributed by atoms with Crippen molar-refractivity contribution < 1.29 is 9.53 Å². The van der Waals surface area contributed by atoms with Crippen molar-refractivity contribution in [1.82, 2.24) is 9.88 Å². The fraction of sp³-hybridized carbons (Fsp3) is 0.333. The third kappa shape index (κ3) is 3.73. The number of amides is 1. The largest absolute Gasteiger partial charge is 0.484 e. The molecule has 5 heteroatoms. The quantitative estimate of drug-likeness (QED) is 0.688. The highest BCUT2D eigenvalue weighted by atomic mass is 32.1. The monoisotopic (exact) mass is 366 g/mol. The van der Waals surface area contributed by atoms with Crippen LogP contribution in [0.2, 0.25) is 0 Å². The average Bonchev–Trinajstić information content (AvgIpc) is 3.12. The summed E-state index contributed by atoms with van der Waals surface area (Å²) in [4.78, 5) is 19.1. The van der Waals surface area contributed by atoms with Crippen molar-refractivity contribution in [3.05, 3.63) is 59.1 Å². The molecule has 3 aromatic rings. The van der Waals surface area contributed by atoms with Crippen molar-refractivity contribution in [3.8, 4) is 5.75 Å². The Labute approximate surface area is 157 Å². The molecule has 4 rings (SSSR count). The lowest BCUT2D eigenvalue weighted by Crippen LogP contribution is -2.40. The number of aromatic nitrogens is 1. The maximum Gasteiger partial charge on any atom is 0.260 e. The number of thiazole rings is 1. The van der Waals surface area contributed by atoms with E-state index < -0.39 is 0 Å². The Bertz CT molecular complexity index is 863. The Morgan fingerprint density at radius 1 is 1.15 bits per heavy atom. The number of benzene rings is 2. The van der Waals surface area contributed by atoms with E-state index in [-0.39, 0.29) is 12.5 Å².